The number of aromatic nitrogens is 4. The maximum absolute atomic E-state index is 12.4. The monoisotopic (exact) mass is 397 g/mol. The van der Waals surface area contributed by atoms with Crippen LogP contribution >= 0.6 is 23.1 Å². The molecule has 0 saturated heterocycles. The minimum absolute atomic E-state index is 0.00297. The molecule has 3 heterocycles. The van der Waals surface area contributed by atoms with Crippen LogP contribution in [0.2, 0.25) is 0 Å². The quantitative estimate of drug-likeness (QED) is 0.658. The van der Waals surface area contributed by atoms with Crippen molar-refractivity contribution in [3.05, 3.63) is 48.3 Å². The van der Waals surface area contributed by atoms with Crippen molar-refractivity contribution >= 4 is 34.1 Å². The molecule has 0 radical (unpaired) electrons. The Morgan fingerprint density at radius 1 is 1.12 bits per heavy atom. The van der Waals surface area contributed by atoms with Crippen molar-refractivity contribution in [1.82, 2.24) is 20.2 Å². The van der Waals surface area contributed by atoms with E-state index in [0.717, 1.165) is 11.3 Å². The molecule has 0 atom stereocenters. The zero-order chi connectivity index (χ0) is 18.6. The largest absolute Gasteiger partial charge is 0.398 e. The van der Waals surface area contributed by atoms with Crippen LogP contribution in [0.5, 0.6) is 0 Å². The summed E-state index contributed by atoms with van der Waals surface area (Å²) in [6.07, 6.45) is -1.42. The Morgan fingerprint density at radius 2 is 1.92 bits per heavy atom. The number of anilines is 1. The van der Waals surface area contributed by atoms with Crippen molar-refractivity contribution in [2.75, 3.05) is 11.1 Å². The number of carbonyl (C=O) groups excluding carboxylic acids is 1. The number of pyridine rings is 2. The van der Waals surface area contributed by atoms with Crippen LogP contribution in [0.25, 0.3) is 10.7 Å². The lowest BCUT2D eigenvalue weighted by atomic mass is 10.3. The van der Waals surface area contributed by atoms with Gasteiger partial charge in [-0.25, -0.2) is 4.98 Å². The highest BCUT2D eigenvalue weighted by Gasteiger charge is 2.28. The van der Waals surface area contributed by atoms with Gasteiger partial charge in [-0.05, 0) is 24.3 Å². The van der Waals surface area contributed by atoms with Gasteiger partial charge in [0.05, 0.1) is 11.3 Å². The molecule has 0 spiro atoms. The van der Waals surface area contributed by atoms with Gasteiger partial charge in [-0.2, -0.15) is 13.2 Å². The Balaban J connectivity index is 1.74. The standard InChI is InChI=1S/C15H10F3N5OS2/c16-15(17,18)8-25-12-9(4-3-7-20-12)11(24)21-14-23-22-13(26-14)10-5-1-2-6-19-10/h1-7H,8H2,(H,21,23,24). The van der Waals surface area contributed by atoms with Crippen molar-refractivity contribution < 1.29 is 18.0 Å². The Labute approximate surface area is 153 Å². The molecule has 3 aromatic rings. The van der Waals surface area contributed by atoms with Crippen molar-refractivity contribution in [1.29, 1.82) is 0 Å². The second-order valence-electron chi connectivity index (χ2n) is 4.84. The summed E-state index contributed by atoms with van der Waals surface area (Å²) >= 11 is 1.56. The zero-order valence-corrected chi connectivity index (χ0v) is 14.5. The van der Waals surface area contributed by atoms with Crippen molar-refractivity contribution in [2.24, 2.45) is 0 Å². The minimum Gasteiger partial charge on any atom is -0.296 e. The summed E-state index contributed by atoms with van der Waals surface area (Å²) in [6, 6.07) is 8.18. The first-order chi connectivity index (χ1) is 12.4. The number of hydrogen-bond acceptors (Lipinski definition) is 7. The van der Waals surface area contributed by atoms with Crippen LogP contribution in [-0.4, -0.2) is 38.0 Å². The molecule has 26 heavy (non-hydrogen) atoms. The maximum Gasteiger partial charge on any atom is 0.398 e. The Kier molecular flexibility index (Phi) is 5.47. The van der Waals surface area contributed by atoms with Crippen LogP contribution < -0.4 is 5.32 Å². The van der Waals surface area contributed by atoms with Gasteiger partial charge in [0, 0.05) is 12.4 Å². The number of thioether (sulfide) groups is 1. The van der Waals surface area contributed by atoms with E-state index in [1.54, 1.807) is 24.4 Å². The molecule has 1 N–H and O–H groups in total. The van der Waals surface area contributed by atoms with Gasteiger partial charge in [0.15, 0.2) is 5.01 Å². The average molecular weight is 397 g/mol. The molecule has 0 saturated carbocycles. The van der Waals surface area contributed by atoms with E-state index in [4.69, 9.17) is 0 Å². The number of amides is 1. The van der Waals surface area contributed by atoms with Crippen LogP contribution in [-0.2, 0) is 0 Å². The van der Waals surface area contributed by atoms with Gasteiger partial charge in [0.25, 0.3) is 5.91 Å². The summed E-state index contributed by atoms with van der Waals surface area (Å²) in [4.78, 5) is 20.4. The first kappa shape index (κ1) is 18.3. The highest BCUT2D eigenvalue weighted by molar-refractivity contribution is 7.99. The highest BCUT2D eigenvalue weighted by Crippen LogP contribution is 2.29. The van der Waals surface area contributed by atoms with E-state index in [0.29, 0.717) is 22.5 Å². The molecule has 0 fully saturated rings. The number of hydrogen-bond donors (Lipinski definition) is 1. The smallest absolute Gasteiger partial charge is 0.296 e. The van der Waals surface area contributed by atoms with Crippen LogP contribution in [0.4, 0.5) is 18.3 Å². The van der Waals surface area contributed by atoms with E-state index >= 15 is 0 Å². The lowest BCUT2D eigenvalue weighted by molar-refractivity contribution is -0.105. The number of carbonyl (C=O) groups is 1. The average Bonchev–Trinajstić information content (AvgIpc) is 3.09. The van der Waals surface area contributed by atoms with Crippen LogP contribution in [0.3, 0.4) is 0 Å². The normalized spacial score (nSPS) is 11.3. The Morgan fingerprint density at radius 3 is 2.65 bits per heavy atom. The SMILES string of the molecule is O=C(Nc1nnc(-c2ccccn2)s1)c1cccnc1SCC(F)(F)F. The summed E-state index contributed by atoms with van der Waals surface area (Å²) in [7, 11) is 0. The lowest BCUT2D eigenvalue weighted by Crippen LogP contribution is -2.15. The second-order valence-corrected chi connectivity index (χ2v) is 6.78. The van der Waals surface area contributed by atoms with Gasteiger partial charge in [-0.3, -0.25) is 15.1 Å². The molecule has 3 aromatic heterocycles. The molecule has 0 aromatic carbocycles. The van der Waals surface area contributed by atoms with E-state index in [-0.39, 0.29) is 15.7 Å². The van der Waals surface area contributed by atoms with E-state index < -0.39 is 17.8 Å². The molecule has 1 amide bonds. The number of nitrogens with zero attached hydrogens (tertiary/aromatic N) is 4. The molecule has 0 aliphatic carbocycles. The van der Waals surface area contributed by atoms with Crippen LogP contribution in [0.15, 0.2) is 47.8 Å². The van der Waals surface area contributed by atoms with Crippen LogP contribution in [0.1, 0.15) is 10.4 Å². The van der Waals surface area contributed by atoms with E-state index in [2.05, 4.69) is 25.5 Å². The third kappa shape index (κ3) is 4.76. The number of alkyl halides is 3. The molecule has 3 rings (SSSR count). The predicted molar refractivity (Wildman–Crippen MR) is 92.1 cm³/mol. The molecular formula is C15H10F3N5OS2. The van der Waals surface area contributed by atoms with Crippen molar-refractivity contribution in [3.8, 4) is 10.7 Å². The first-order valence-electron chi connectivity index (χ1n) is 7.13. The fourth-order valence-electron chi connectivity index (χ4n) is 1.86. The highest BCUT2D eigenvalue weighted by atomic mass is 32.2. The Hall–Kier alpha value is -2.53. The topological polar surface area (TPSA) is 80.7 Å². The van der Waals surface area contributed by atoms with Gasteiger partial charge in [-0.15, -0.1) is 10.2 Å². The molecular weight excluding hydrogens is 387 g/mol. The molecule has 134 valence electrons. The number of rotatable bonds is 5. The van der Waals surface area contributed by atoms with E-state index in [1.807, 2.05) is 0 Å². The summed E-state index contributed by atoms with van der Waals surface area (Å²) in [5.41, 5.74) is 0.643. The second kappa shape index (κ2) is 7.79. The zero-order valence-electron chi connectivity index (χ0n) is 12.9. The molecule has 0 unspecified atom stereocenters. The van der Waals surface area contributed by atoms with Gasteiger partial charge in [0.2, 0.25) is 5.13 Å². The lowest BCUT2D eigenvalue weighted by Gasteiger charge is -2.09. The maximum atomic E-state index is 12.4. The van der Waals surface area contributed by atoms with E-state index in [9.17, 15) is 18.0 Å². The third-order valence-electron chi connectivity index (χ3n) is 2.92. The van der Waals surface area contributed by atoms with Gasteiger partial charge in [-0.1, -0.05) is 29.2 Å². The number of nitrogens with one attached hydrogen (secondary N) is 1. The number of halogens is 3. The fraction of sp³-hybridized carbons (Fsp3) is 0.133. The van der Waals surface area contributed by atoms with E-state index in [1.165, 1.54) is 18.3 Å². The summed E-state index contributed by atoms with van der Waals surface area (Å²) in [5, 5.41) is 11.1. The summed E-state index contributed by atoms with van der Waals surface area (Å²) < 4.78 is 37.2. The van der Waals surface area contributed by atoms with Crippen molar-refractivity contribution in [3.63, 3.8) is 0 Å². The van der Waals surface area contributed by atoms with Gasteiger partial charge < -0.3 is 0 Å². The summed E-state index contributed by atoms with van der Waals surface area (Å²) in [5.74, 6) is -1.74. The molecule has 0 aliphatic heterocycles. The van der Waals surface area contributed by atoms with Gasteiger partial charge in [0.1, 0.15) is 10.7 Å². The first-order valence-corrected chi connectivity index (χ1v) is 8.93. The molecule has 0 aliphatic rings. The third-order valence-corrected chi connectivity index (χ3v) is 4.85. The Bertz CT molecular complexity index is 902. The predicted octanol–water partition coefficient (Wildman–Crippen LogP) is 3.90. The molecule has 6 nitrogen and oxygen atoms in total. The fourth-order valence-corrected chi connectivity index (χ4v) is 3.33. The summed E-state index contributed by atoms with van der Waals surface area (Å²) in [6.45, 7) is 0. The van der Waals surface area contributed by atoms with Crippen LogP contribution in [0, 0.1) is 0 Å². The minimum atomic E-state index is -4.35. The molecule has 11 heteroatoms. The van der Waals surface area contributed by atoms with Gasteiger partial charge >= 0.3 is 6.18 Å². The molecule has 0 bridgehead atoms. The van der Waals surface area contributed by atoms with Crippen molar-refractivity contribution in [2.45, 2.75) is 11.2 Å².